The lowest BCUT2D eigenvalue weighted by molar-refractivity contribution is -0.116. The van der Waals surface area contributed by atoms with Gasteiger partial charge in [-0.1, -0.05) is 6.07 Å². The number of hydrogen-bond acceptors (Lipinski definition) is 3. The summed E-state index contributed by atoms with van der Waals surface area (Å²) in [6, 6.07) is 9.90. The molecule has 0 radical (unpaired) electrons. The van der Waals surface area contributed by atoms with E-state index in [1.807, 2.05) is 48.9 Å². The summed E-state index contributed by atoms with van der Waals surface area (Å²) >= 11 is 0. The minimum absolute atomic E-state index is 0. The zero-order chi connectivity index (χ0) is 16.9. The predicted molar refractivity (Wildman–Crippen MR) is 104 cm³/mol. The highest BCUT2D eigenvalue weighted by atomic mass is 35.5. The van der Waals surface area contributed by atoms with Gasteiger partial charge in [0.15, 0.2) is 0 Å². The van der Waals surface area contributed by atoms with Gasteiger partial charge in [0, 0.05) is 17.8 Å². The molecular formula is C19H27ClN4O. The third kappa shape index (κ3) is 5.31. The molecule has 0 bridgehead atoms. The molecule has 1 saturated heterocycles. The van der Waals surface area contributed by atoms with E-state index in [0.29, 0.717) is 12.3 Å². The summed E-state index contributed by atoms with van der Waals surface area (Å²) in [4.78, 5) is 12.2. The molecular weight excluding hydrogens is 336 g/mol. The summed E-state index contributed by atoms with van der Waals surface area (Å²) < 4.78 is 1.90. The van der Waals surface area contributed by atoms with Crippen LogP contribution in [-0.2, 0) is 4.79 Å². The molecule has 1 aromatic carbocycles. The van der Waals surface area contributed by atoms with Crippen molar-refractivity contribution >= 4 is 24.0 Å². The lowest BCUT2D eigenvalue weighted by Gasteiger charge is -2.22. The Balaban J connectivity index is 0.00000225. The van der Waals surface area contributed by atoms with Crippen LogP contribution in [0.3, 0.4) is 0 Å². The van der Waals surface area contributed by atoms with E-state index >= 15 is 0 Å². The highest BCUT2D eigenvalue weighted by Crippen LogP contribution is 2.20. The van der Waals surface area contributed by atoms with Gasteiger partial charge >= 0.3 is 0 Å². The average Bonchev–Trinajstić information content (AvgIpc) is 2.93. The topological polar surface area (TPSA) is 59.0 Å². The molecule has 0 aliphatic carbocycles. The highest BCUT2D eigenvalue weighted by Gasteiger charge is 2.14. The van der Waals surface area contributed by atoms with Crippen LogP contribution in [0.2, 0.25) is 0 Å². The van der Waals surface area contributed by atoms with E-state index in [-0.39, 0.29) is 18.3 Å². The molecule has 3 rings (SSSR count). The van der Waals surface area contributed by atoms with Crippen LogP contribution in [-0.4, -0.2) is 28.8 Å². The number of nitrogens with zero attached hydrogens (tertiary/aromatic N) is 2. The van der Waals surface area contributed by atoms with Crippen molar-refractivity contribution in [3.63, 3.8) is 0 Å². The summed E-state index contributed by atoms with van der Waals surface area (Å²) in [6.07, 6.45) is 3.93. The van der Waals surface area contributed by atoms with Gasteiger partial charge in [0.25, 0.3) is 0 Å². The van der Waals surface area contributed by atoms with Gasteiger partial charge in [0.05, 0.1) is 11.4 Å². The summed E-state index contributed by atoms with van der Waals surface area (Å²) in [5, 5.41) is 10.9. The maximum atomic E-state index is 12.2. The summed E-state index contributed by atoms with van der Waals surface area (Å²) in [7, 11) is 0. The standard InChI is InChI=1S/C19H26N4O.ClH/c1-14-12-15(2)23(22-14)18-5-3-4-17(13-18)21-19(24)7-6-16-8-10-20-11-9-16;/h3-5,12-13,16,20H,6-11H2,1-2H3,(H,21,24);1H. The van der Waals surface area contributed by atoms with Crippen molar-refractivity contribution in [2.75, 3.05) is 18.4 Å². The first-order chi connectivity index (χ1) is 11.6. The Morgan fingerprint density at radius 1 is 1.28 bits per heavy atom. The number of benzene rings is 1. The quantitative estimate of drug-likeness (QED) is 0.853. The molecule has 0 unspecified atom stereocenters. The van der Waals surface area contributed by atoms with Crippen LogP contribution >= 0.6 is 12.4 Å². The normalized spacial score (nSPS) is 14.8. The average molecular weight is 363 g/mol. The predicted octanol–water partition coefficient (Wildman–Crippen LogP) is 3.63. The molecule has 1 amide bonds. The fraction of sp³-hybridized carbons (Fsp3) is 0.474. The number of aryl methyl sites for hydroxylation is 2. The van der Waals surface area contributed by atoms with Gasteiger partial charge in [-0.25, -0.2) is 4.68 Å². The number of piperidine rings is 1. The van der Waals surface area contributed by atoms with Gasteiger partial charge in [-0.05, 0) is 76.4 Å². The SMILES string of the molecule is Cc1cc(C)n(-c2cccc(NC(=O)CCC3CCNCC3)c2)n1.Cl. The molecule has 25 heavy (non-hydrogen) atoms. The maximum absolute atomic E-state index is 12.2. The number of carbonyl (C=O) groups is 1. The molecule has 2 heterocycles. The minimum Gasteiger partial charge on any atom is -0.326 e. The Labute approximate surface area is 155 Å². The summed E-state index contributed by atoms with van der Waals surface area (Å²) in [5.41, 5.74) is 3.87. The van der Waals surface area contributed by atoms with Crippen molar-refractivity contribution in [2.45, 2.75) is 39.5 Å². The van der Waals surface area contributed by atoms with E-state index < -0.39 is 0 Å². The van der Waals surface area contributed by atoms with Gasteiger partial charge < -0.3 is 10.6 Å². The maximum Gasteiger partial charge on any atom is 0.224 e. The van der Waals surface area contributed by atoms with Crippen molar-refractivity contribution in [3.8, 4) is 5.69 Å². The van der Waals surface area contributed by atoms with Gasteiger partial charge in [-0.3, -0.25) is 4.79 Å². The smallest absolute Gasteiger partial charge is 0.224 e. The van der Waals surface area contributed by atoms with Gasteiger partial charge in [-0.2, -0.15) is 5.10 Å². The largest absolute Gasteiger partial charge is 0.326 e. The molecule has 1 aliphatic rings. The molecule has 0 spiro atoms. The van der Waals surface area contributed by atoms with E-state index in [9.17, 15) is 4.79 Å². The number of aromatic nitrogens is 2. The minimum atomic E-state index is 0. The second kappa shape index (κ2) is 9.02. The van der Waals surface area contributed by atoms with Crippen LogP contribution in [0.4, 0.5) is 5.69 Å². The second-order valence-electron chi connectivity index (χ2n) is 6.67. The van der Waals surface area contributed by atoms with Crippen LogP contribution in [0.25, 0.3) is 5.69 Å². The molecule has 1 fully saturated rings. The van der Waals surface area contributed by atoms with E-state index in [1.165, 1.54) is 12.8 Å². The van der Waals surface area contributed by atoms with E-state index in [2.05, 4.69) is 15.7 Å². The van der Waals surface area contributed by atoms with Crippen LogP contribution < -0.4 is 10.6 Å². The Bertz CT molecular complexity index is 707. The first-order valence-electron chi connectivity index (χ1n) is 8.76. The number of anilines is 1. The number of rotatable bonds is 5. The van der Waals surface area contributed by atoms with Gasteiger partial charge in [-0.15, -0.1) is 12.4 Å². The zero-order valence-corrected chi connectivity index (χ0v) is 15.7. The Morgan fingerprint density at radius 3 is 2.72 bits per heavy atom. The Morgan fingerprint density at radius 2 is 2.04 bits per heavy atom. The van der Waals surface area contributed by atoms with E-state index in [0.717, 1.165) is 42.3 Å². The highest BCUT2D eigenvalue weighted by molar-refractivity contribution is 5.90. The number of carbonyl (C=O) groups excluding carboxylic acids is 1. The van der Waals surface area contributed by atoms with Gasteiger partial charge in [0.2, 0.25) is 5.91 Å². The number of amides is 1. The molecule has 1 aliphatic heterocycles. The molecule has 0 atom stereocenters. The van der Waals surface area contributed by atoms with Crippen LogP contribution in [0.15, 0.2) is 30.3 Å². The van der Waals surface area contributed by atoms with Crippen molar-refractivity contribution in [1.29, 1.82) is 0 Å². The third-order valence-electron chi connectivity index (χ3n) is 4.62. The van der Waals surface area contributed by atoms with Crippen molar-refractivity contribution in [1.82, 2.24) is 15.1 Å². The number of nitrogens with one attached hydrogen (secondary N) is 2. The van der Waals surface area contributed by atoms with E-state index in [4.69, 9.17) is 0 Å². The Hall–Kier alpha value is -1.85. The van der Waals surface area contributed by atoms with Crippen LogP contribution in [0, 0.1) is 19.8 Å². The molecule has 0 saturated carbocycles. The fourth-order valence-electron chi connectivity index (χ4n) is 3.33. The molecule has 5 nitrogen and oxygen atoms in total. The third-order valence-corrected chi connectivity index (χ3v) is 4.62. The molecule has 6 heteroatoms. The monoisotopic (exact) mass is 362 g/mol. The summed E-state index contributed by atoms with van der Waals surface area (Å²) in [6.45, 7) is 6.17. The van der Waals surface area contributed by atoms with Crippen molar-refractivity contribution < 1.29 is 4.79 Å². The van der Waals surface area contributed by atoms with E-state index in [1.54, 1.807) is 0 Å². The first-order valence-corrected chi connectivity index (χ1v) is 8.76. The van der Waals surface area contributed by atoms with Crippen molar-refractivity contribution in [2.24, 2.45) is 5.92 Å². The first kappa shape index (κ1) is 19.5. The number of hydrogen-bond donors (Lipinski definition) is 2. The Kier molecular flexibility index (Phi) is 7.02. The fourth-order valence-corrected chi connectivity index (χ4v) is 3.33. The second-order valence-corrected chi connectivity index (χ2v) is 6.67. The van der Waals surface area contributed by atoms with Crippen LogP contribution in [0.1, 0.15) is 37.1 Å². The van der Waals surface area contributed by atoms with Gasteiger partial charge in [0.1, 0.15) is 0 Å². The molecule has 1 aromatic heterocycles. The molecule has 2 N–H and O–H groups in total. The van der Waals surface area contributed by atoms with Crippen LogP contribution in [0.5, 0.6) is 0 Å². The van der Waals surface area contributed by atoms with Crippen molar-refractivity contribution in [3.05, 3.63) is 41.7 Å². The number of halogens is 1. The summed E-state index contributed by atoms with van der Waals surface area (Å²) in [5.74, 6) is 0.775. The molecule has 2 aromatic rings. The zero-order valence-electron chi connectivity index (χ0n) is 14.9. The lowest BCUT2D eigenvalue weighted by Crippen LogP contribution is -2.28. The lowest BCUT2D eigenvalue weighted by atomic mass is 9.93. The molecule has 136 valence electrons.